The fraction of sp³-hybridized carbons (Fsp3) is 0.364. The number of hydrogen-bond acceptors (Lipinski definition) is 6. The summed E-state index contributed by atoms with van der Waals surface area (Å²) in [5.74, 6) is -4.13. The molecule has 0 saturated heterocycles. The van der Waals surface area contributed by atoms with E-state index in [1.165, 1.54) is 0 Å². The molecular weight excluding hydrogens is 728 g/mol. The van der Waals surface area contributed by atoms with Crippen molar-refractivity contribution in [1.82, 2.24) is 0 Å². The van der Waals surface area contributed by atoms with E-state index in [4.69, 9.17) is 14.2 Å². The first-order valence-corrected chi connectivity index (χ1v) is 14.9. The number of halogens is 6. The summed E-state index contributed by atoms with van der Waals surface area (Å²) in [5.41, 5.74) is -1.97. The molecule has 6 nitrogen and oxygen atoms in total. The van der Waals surface area contributed by atoms with Crippen LogP contribution in [0.5, 0.6) is 0 Å². The highest BCUT2D eigenvalue weighted by molar-refractivity contribution is 9.11. The van der Waals surface area contributed by atoms with E-state index in [2.05, 4.69) is 38.4 Å². The third-order valence-corrected chi connectivity index (χ3v) is 5.48. The third-order valence-electron chi connectivity index (χ3n) is 4.26. The average Bonchev–Trinajstić information content (AvgIpc) is 2.84. The van der Waals surface area contributed by atoms with E-state index in [1.807, 2.05) is 20.8 Å². The fourth-order valence-electron chi connectivity index (χ4n) is 2.66. The number of carbonyl (C=O) groups excluding carboxylic acids is 3. The summed E-state index contributed by atoms with van der Waals surface area (Å²) in [7, 11) is 0. The van der Waals surface area contributed by atoms with Crippen LogP contribution in [0.2, 0.25) is 0 Å². The molecule has 2 aromatic carbocycles. The van der Waals surface area contributed by atoms with Gasteiger partial charge in [-0.25, -0.2) is 31.9 Å². The first-order valence-electron chi connectivity index (χ1n) is 13.3. The second-order valence-electron chi connectivity index (χ2n) is 12.0. The molecule has 0 heterocycles. The van der Waals surface area contributed by atoms with E-state index < -0.39 is 52.0 Å². The molecular formula is C33H38Br2F4O6. The molecule has 2 rings (SSSR count). The lowest BCUT2D eigenvalue weighted by atomic mass is 10.1. The van der Waals surface area contributed by atoms with Crippen molar-refractivity contribution in [3.63, 3.8) is 0 Å². The molecule has 0 N–H and O–H groups in total. The van der Waals surface area contributed by atoms with Crippen LogP contribution in [0.25, 0.3) is 12.2 Å². The maximum absolute atomic E-state index is 14.1. The van der Waals surface area contributed by atoms with Crippen molar-refractivity contribution in [1.29, 1.82) is 0 Å². The standard InChI is InChI=1S/C20H24F2O4.C7H12O2.C6H2Br2F2/c1-19(2,3)25-17(23)9-7-13-11-16(22)14(12-15(13)21)8-10-18(24)26-20(4,5)6;1-5-6(8)9-7(2,3)4;7-3-1-5(9)4(8)2-6(3)10/h7-12H,1-6H3;5H,1H2,2-4H3;1-2H/b9-7-,10-8?;;. The molecule has 248 valence electrons. The van der Waals surface area contributed by atoms with Gasteiger partial charge in [0.2, 0.25) is 0 Å². The summed E-state index contributed by atoms with van der Waals surface area (Å²) >= 11 is 5.69. The zero-order chi connectivity index (χ0) is 35.3. The number of esters is 3. The SMILES string of the molecule is C=CC(=O)OC(C)(C)C.CC(C)(C)OC(=O)C=Cc1cc(F)c(/C=C\C(=O)OC(C)(C)C)cc1F.Fc1cc(Br)c(F)cc1Br. The Kier molecular flexibility index (Phi) is 16.7. The van der Waals surface area contributed by atoms with E-state index in [0.29, 0.717) is 0 Å². The smallest absolute Gasteiger partial charge is 0.331 e. The predicted octanol–water partition coefficient (Wildman–Crippen LogP) is 9.68. The molecule has 0 aromatic heterocycles. The third kappa shape index (κ3) is 19.7. The highest BCUT2D eigenvalue weighted by Gasteiger charge is 2.16. The van der Waals surface area contributed by atoms with Crippen molar-refractivity contribution < 1.29 is 46.2 Å². The zero-order valence-electron chi connectivity index (χ0n) is 26.6. The highest BCUT2D eigenvalue weighted by Crippen LogP contribution is 2.23. The van der Waals surface area contributed by atoms with Crippen LogP contribution in [0, 0.1) is 23.3 Å². The van der Waals surface area contributed by atoms with E-state index in [1.54, 1.807) is 41.5 Å². The van der Waals surface area contributed by atoms with E-state index >= 15 is 0 Å². The van der Waals surface area contributed by atoms with Gasteiger partial charge >= 0.3 is 17.9 Å². The lowest BCUT2D eigenvalue weighted by Crippen LogP contribution is -2.22. The number of benzene rings is 2. The Hall–Kier alpha value is -3.25. The van der Waals surface area contributed by atoms with Crippen molar-refractivity contribution in [2.45, 2.75) is 79.1 Å². The van der Waals surface area contributed by atoms with Crippen LogP contribution in [-0.2, 0) is 28.6 Å². The minimum atomic E-state index is -0.741. The first-order chi connectivity index (χ1) is 20.3. The van der Waals surface area contributed by atoms with Gasteiger partial charge in [-0.3, -0.25) is 0 Å². The number of ether oxygens (including phenoxy) is 3. The van der Waals surface area contributed by atoms with Gasteiger partial charge in [-0.15, -0.1) is 0 Å². The van der Waals surface area contributed by atoms with Gasteiger partial charge in [-0.05, 0) is 131 Å². The molecule has 0 aliphatic rings. The van der Waals surface area contributed by atoms with E-state index in [-0.39, 0.29) is 26.0 Å². The quantitative estimate of drug-likeness (QED) is 0.0992. The lowest BCUT2D eigenvalue weighted by molar-refractivity contribution is -0.149. The monoisotopic (exact) mass is 764 g/mol. The van der Waals surface area contributed by atoms with Crippen molar-refractivity contribution in [2.24, 2.45) is 0 Å². The molecule has 0 radical (unpaired) electrons. The van der Waals surface area contributed by atoms with Gasteiger partial charge in [0.05, 0.1) is 8.95 Å². The molecule has 0 aliphatic heterocycles. The summed E-state index contributed by atoms with van der Waals surface area (Å²) in [6, 6.07) is 4.01. The lowest BCUT2D eigenvalue weighted by Gasteiger charge is -2.18. The molecule has 0 amide bonds. The number of hydrogen-bond donors (Lipinski definition) is 0. The minimum Gasteiger partial charge on any atom is -0.457 e. The summed E-state index contributed by atoms with van der Waals surface area (Å²) in [6.07, 6.45) is 5.48. The first kappa shape index (κ1) is 41.8. The van der Waals surface area contributed by atoms with Gasteiger partial charge in [-0.1, -0.05) is 6.58 Å². The molecule has 0 unspecified atom stereocenters. The minimum absolute atomic E-state index is 0.109. The van der Waals surface area contributed by atoms with Gasteiger partial charge in [0.25, 0.3) is 0 Å². The summed E-state index contributed by atoms with van der Waals surface area (Å²) in [4.78, 5) is 33.7. The van der Waals surface area contributed by atoms with Crippen LogP contribution >= 0.6 is 31.9 Å². The van der Waals surface area contributed by atoms with Gasteiger partial charge in [0.1, 0.15) is 40.1 Å². The van der Waals surface area contributed by atoms with Gasteiger partial charge in [-0.2, -0.15) is 0 Å². The van der Waals surface area contributed by atoms with Crippen LogP contribution < -0.4 is 0 Å². The Morgan fingerprint density at radius 3 is 1.11 bits per heavy atom. The van der Waals surface area contributed by atoms with Crippen LogP contribution in [0.3, 0.4) is 0 Å². The Balaban J connectivity index is 0.000000826. The number of rotatable bonds is 5. The van der Waals surface area contributed by atoms with Crippen LogP contribution in [0.4, 0.5) is 17.6 Å². The molecule has 0 fully saturated rings. The summed E-state index contributed by atoms with van der Waals surface area (Å²) in [6.45, 7) is 18.9. The second kappa shape index (κ2) is 18.0. The largest absolute Gasteiger partial charge is 0.457 e. The highest BCUT2D eigenvalue weighted by atomic mass is 79.9. The van der Waals surface area contributed by atoms with Crippen LogP contribution in [-0.4, -0.2) is 34.7 Å². The molecule has 0 spiro atoms. The maximum atomic E-state index is 14.1. The molecule has 0 saturated carbocycles. The van der Waals surface area contributed by atoms with E-state index in [0.717, 1.165) is 54.6 Å². The average molecular weight is 766 g/mol. The Labute approximate surface area is 278 Å². The van der Waals surface area contributed by atoms with Crippen LogP contribution in [0.15, 0.2) is 58.0 Å². The van der Waals surface area contributed by atoms with Crippen molar-refractivity contribution >= 4 is 61.9 Å². The predicted molar refractivity (Wildman–Crippen MR) is 174 cm³/mol. The Morgan fingerprint density at radius 1 is 0.578 bits per heavy atom. The Morgan fingerprint density at radius 2 is 0.867 bits per heavy atom. The molecule has 2 aromatic rings. The molecule has 0 atom stereocenters. The Bertz CT molecular complexity index is 1300. The summed E-state index contributed by atoms with van der Waals surface area (Å²) < 4.78 is 68.4. The molecule has 0 bridgehead atoms. The van der Waals surface area contributed by atoms with Gasteiger partial charge < -0.3 is 14.2 Å². The zero-order valence-corrected chi connectivity index (χ0v) is 29.8. The van der Waals surface area contributed by atoms with Crippen molar-refractivity contribution in [3.8, 4) is 0 Å². The molecule has 0 aliphatic carbocycles. The molecule has 12 heteroatoms. The van der Waals surface area contributed by atoms with E-state index in [9.17, 15) is 31.9 Å². The summed E-state index contributed by atoms with van der Waals surface area (Å²) in [5, 5.41) is 0. The van der Waals surface area contributed by atoms with Crippen molar-refractivity contribution in [2.75, 3.05) is 0 Å². The maximum Gasteiger partial charge on any atom is 0.331 e. The van der Waals surface area contributed by atoms with Crippen molar-refractivity contribution in [3.05, 3.63) is 92.4 Å². The van der Waals surface area contributed by atoms with Gasteiger partial charge in [0, 0.05) is 29.4 Å². The van der Waals surface area contributed by atoms with Gasteiger partial charge in [0.15, 0.2) is 0 Å². The normalized spacial score (nSPS) is 11.6. The number of carbonyl (C=O) groups is 3. The molecule has 45 heavy (non-hydrogen) atoms. The fourth-order valence-corrected chi connectivity index (χ4v) is 3.29. The van der Waals surface area contributed by atoms with Crippen LogP contribution in [0.1, 0.15) is 73.4 Å². The second-order valence-corrected chi connectivity index (χ2v) is 13.8. The topological polar surface area (TPSA) is 78.9 Å².